The molecule has 1 N–H and O–H groups in total. The second kappa shape index (κ2) is 8.05. The molecule has 4 aromatic rings. The molecular formula is C24H18BrN3OS. The fourth-order valence-corrected chi connectivity index (χ4v) is 4.40. The number of pyridine rings is 1. The van der Waals surface area contributed by atoms with Crippen LogP contribution in [-0.2, 0) is 0 Å². The van der Waals surface area contributed by atoms with Crippen LogP contribution in [0.25, 0.3) is 11.3 Å². The molecule has 2 aromatic heterocycles. The van der Waals surface area contributed by atoms with E-state index in [9.17, 15) is 0 Å². The number of thiocarbonyl (C=S) groups is 1. The predicted molar refractivity (Wildman–Crippen MR) is 126 cm³/mol. The number of hydrogen-bond donors (Lipinski definition) is 1. The summed E-state index contributed by atoms with van der Waals surface area (Å²) in [6, 6.07) is 27.9. The summed E-state index contributed by atoms with van der Waals surface area (Å²) in [4.78, 5) is 6.69. The maximum Gasteiger partial charge on any atom is 0.174 e. The fraction of sp³-hybridized carbons (Fsp3) is 0.0833. The molecular weight excluding hydrogens is 458 g/mol. The van der Waals surface area contributed by atoms with Crippen molar-refractivity contribution >= 4 is 38.9 Å². The number of nitrogens with one attached hydrogen (secondary N) is 1. The van der Waals surface area contributed by atoms with Gasteiger partial charge in [0.05, 0.1) is 11.7 Å². The van der Waals surface area contributed by atoms with Crippen LogP contribution in [0.2, 0.25) is 0 Å². The van der Waals surface area contributed by atoms with Gasteiger partial charge in [-0.3, -0.25) is 4.98 Å². The topological polar surface area (TPSA) is 41.3 Å². The first kappa shape index (κ1) is 19.0. The van der Waals surface area contributed by atoms with E-state index >= 15 is 0 Å². The first-order chi connectivity index (χ1) is 14.7. The number of benzene rings is 2. The highest BCUT2D eigenvalue weighted by Gasteiger charge is 2.42. The van der Waals surface area contributed by atoms with Crippen molar-refractivity contribution in [3.05, 3.63) is 107 Å². The van der Waals surface area contributed by atoms with E-state index in [1.165, 1.54) is 0 Å². The number of hydrogen-bond acceptors (Lipinski definition) is 3. The molecule has 148 valence electrons. The van der Waals surface area contributed by atoms with Gasteiger partial charge in [0.15, 0.2) is 5.11 Å². The van der Waals surface area contributed by atoms with Gasteiger partial charge in [-0.25, -0.2) is 0 Å². The largest absolute Gasteiger partial charge is 0.459 e. The fourth-order valence-electron chi connectivity index (χ4n) is 3.79. The Hall–Kier alpha value is -2.96. The Labute approximate surface area is 188 Å². The van der Waals surface area contributed by atoms with E-state index in [1.54, 1.807) is 6.20 Å². The Morgan fingerprint density at radius 1 is 0.900 bits per heavy atom. The predicted octanol–water partition coefficient (Wildman–Crippen LogP) is 6.28. The highest BCUT2D eigenvalue weighted by atomic mass is 79.9. The molecule has 0 unspecified atom stereocenters. The van der Waals surface area contributed by atoms with E-state index in [0.717, 1.165) is 32.9 Å². The number of aromatic nitrogens is 1. The number of anilines is 1. The van der Waals surface area contributed by atoms with Crippen molar-refractivity contribution in [2.45, 2.75) is 12.1 Å². The summed E-state index contributed by atoms with van der Waals surface area (Å²) < 4.78 is 7.37. The summed E-state index contributed by atoms with van der Waals surface area (Å²) in [6.07, 6.45) is 1.80. The van der Waals surface area contributed by atoms with Crippen LogP contribution >= 0.6 is 28.1 Å². The molecule has 5 rings (SSSR count). The van der Waals surface area contributed by atoms with Crippen LogP contribution in [0.4, 0.5) is 5.69 Å². The van der Waals surface area contributed by atoms with Gasteiger partial charge in [0.2, 0.25) is 0 Å². The molecule has 0 saturated carbocycles. The summed E-state index contributed by atoms with van der Waals surface area (Å²) in [7, 11) is 0. The molecule has 1 saturated heterocycles. The van der Waals surface area contributed by atoms with Gasteiger partial charge in [-0.1, -0.05) is 52.3 Å². The van der Waals surface area contributed by atoms with E-state index in [-0.39, 0.29) is 12.1 Å². The monoisotopic (exact) mass is 475 g/mol. The molecule has 1 aliphatic rings. The molecule has 3 heterocycles. The molecule has 4 nitrogen and oxygen atoms in total. The Balaban J connectivity index is 1.60. The lowest BCUT2D eigenvalue weighted by molar-refractivity contribution is 0.439. The number of rotatable bonds is 4. The highest BCUT2D eigenvalue weighted by molar-refractivity contribution is 9.10. The van der Waals surface area contributed by atoms with Gasteiger partial charge >= 0.3 is 0 Å². The first-order valence-corrected chi connectivity index (χ1v) is 10.8. The molecule has 0 radical (unpaired) electrons. The van der Waals surface area contributed by atoms with Crippen molar-refractivity contribution in [2.75, 3.05) is 4.90 Å². The van der Waals surface area contributed by atoms with E-state index in [4.69, 9.17) is 16.6 Å². The SMILES string of the molecule is S=C1N[C@@H](c2ccccn2)[C@@H](c2ccc(-c3ccccc3)o2)N1c1ccc(Br)cc1. The van der Waals surface area contributed by atoms with Crippen molar-refractivity contribution in [1.82, 2.24) is 10.3 Å². The van der Waals surface area contributed by atoms with Crippen molar-refractivity contribution in [3.63, 3.8) is 0 Å². The average Bonchev–Trinajstić information content (AvgIpc) is 3.40. The number of nitrogens with zero attached hydrogens (tertiary/aromatic N) is 2. The van der Waals surface area contributed by atoms with E-state index < -0.39 is 0 Å². The van der Waals surface area contributed by atoms with Gasteiger partial charge < -0.3 is 14.6 Å². The van der Waals surface area contributed by atoms with Crippen LogP contribution in [0, 0.1) is 0 Å². The smallest absolute Gasteiger partial charge is 0.174 e. The summed E-state index contributed by atoms with van der Waals surface area (Å²) in [5, 5.41) is 4.10. The Kier molecular flexibility index (Phi) is 5.11. The maximum absolute atomic E-state index is 6.35. The van der Waals surface area contributed by atoms with Crippen molar-refractivity contribution < 1.29 is 4.42 Å². The summed E-state index contributed by atoms with van der Waals surface area (Å²) in [6.45, 7) is 0. The van der Waals surface area contributed by atoms with Crippen LogP contribution in [-0.4, -0.2) is 10.1 Å². The number of furan rings is 1. The zero-order valence-corrected chi connectivity index (χ0v) is 18.3. The van der Waals surface area contributed by atoms with Crippen molar-refractivity contribution in [2.24, 2.45) is 0 Å². The second-order valence-corrected chi connectivity index (χ2v) is 8.34. The lowest BCUT2D eigenvalue weighted by Gasteiger charge is -2.26. The third-order valence-electron chi connectivity index (χ3n) is 5.18. The van der Waals surface area contributed by atoms with Gasteiger partial charge in [-0.05, 0) is 60.7 Å². The van der Waals surface area contributed by atoms with Crippen LogP contribution in [0.1, 0.15) is 23.5 Å². The molecule has 1 fully saturated rings. The molecule has 0 spiro atoms. The third kappa shape index (κ3) is 3.53. The van der Waals surface area contributed by atoms with Gasteiger partial charge in [-0.2, -0.15) is 0 Å². The van der Waals surface area contributed by atoms with Gasteiger partial charge in [0.1, 0.15) is 17.6 Å². The van der Waals surface area contributed by atoms with E-state index in [1.807, 2.05) is 84.9 Å². The molecule has 30 heavy (non-hydrogen) atoms. The van der Waals surface area contributed by atoms with E-state index in [2.05, 4.69) is 31.1 Å². The minimum Gasteiger partial charge on any atom is -0.459 e. The molecule has 2 aromatic carbocycles. The molecule has 2 atom stereocenters. The average molecular weight is 476 g/mol. The second-order valence-electron chi connectivity index (χ2n) is 7.04. The summed E-state index contributed by atoms with van der Waals surface area (Å²) >= 11 is 9.25. The number of halogens is 1. The van der Waals surface area contributed by atoms with Gasteiger partial charge in [0.25, 0.3) is 0 Å². The quantitative estimate of drug-likeness (QED) is 0.351. The van der Waals surface area contributed by atoms with Crippen LogP contribution in [0.5, 0.6) is 0 Å². The van der Waals surface area contributed by atoms with Gasteiger partial charge in [0, 0.05) is 21.9 Å². The van der Waals surface area contributed by atoms with E-state index in [0.29, 0.717) is 5.11 Å². The zero-order chi connectivity index (χ0) is 20.5. The minimum absolute atomic E-state index is 0.128. The summed E-state index contributed by atoms with van der Waals surface area (Å²) in [5.41, 5.74) is 2.96. The Morgan fingerprint density at radius 3 is 2.40 bits per heavy atom. The maximum atomic E-state index is 6.35. The standard InChI is InChI=1S/C24H18BrN3OS/c25-17-9-11-18(12-10-17)28-23(22(27-24(28)30)19-8-4-5-15-26-19)21-14-13-20(29-21)16-6-2-1-3-7-16/h1-15,22-23H,(H,27,30)/t22-,23+/m0/s1. The van der Waals surface area contributed by atoms with Gasteiger partial charge in [-0.15, -0.1) is 0 Å². The third-order valence-corrected chi connectivity index (χ3v) is 6.02. The molecule has 0 aliphatic carbocycles. The lowest BCUT2D eigenvalue weighted by atomic mass is 10.0. The lowest BCUT2D eigenvalue weighted by Crippen LogP contribution is -2.29. The zero-order valence-electron chi connectivity index (χ0n) is 15.9. The van der Waals surface area contributed by atoms with Crippen LogP contribution in [0.3, 0.4) is 0 Å². The molecule has 1 aliphatic heterocycles. The molecule has 6 heteroatoms. The molecule has 0 amide bonds. The van der Waals surface area contributed by atoms with Crippen LogP contribution < -0.4 is 10.2 Å². The summed E-state index contributed by atoms with van der Waals surface area (Å²) in [5.74, 6) is 1.67. The van der Waals surface area contributed by atoms with Crippen molar-refractivity contribution in [3.8, 4) is 11.3 Å². The Morgan fingerprint density at radius 2 is 1.67 bits per heavy atom. The van der Waals surface area contributed by atoms with Crippen LogP contribution in [0.15, 0.2) is 100 Å². The Bertz CT molecular complexity index is 1160. The first-order valence-electron chi connectivity index (χ1n) is 9.62. The van der Waals surface area contributed by atoms with Crippen molar-refractivity contribution in [1.29, 1.82) is 0 Å². The molecule has 0 bridgehead atoms. The highest BCUT2D eigenvalue weighted by Crippen LogP contribution is 2.43. The minimum atomic E-state index is -0.161. The normalized spacial score (nSPS) is 18.4.